The first kappa shape index (κ1) is 16.9. The predicted octanol–water partition coefficient (Wildman–Crippen LogP) is 5.18. The molecular formula is C20H17N3OS2. The molecular weight excluding hydrogens is 362 g/mol. The van der Waals surface area contributed by atoms with E-state index in [9.17, 15) is 4.79 Å². The maximum atomic E-state index is 12.4. The molecule has 4 aromatic rings. The van der Waals surface area contributed by atoms with Gasteiger partial charge in [-0.1, -0.05) is 30.3 Å². The molecule has 0 spiro atoms. The lowest BCUT2D eigenvalue weighted by Crippen LogP contribution is -2.22. The molecule has 2 aromatic heterocycles. The van der Waals surface area contributed by atoms with Gasteiger partial charge in [0.2, 0.25) is 5.91 Å². The molecule has 130 valence electrons. The number of imidazole rings is 1. The summed E-state index contributed by atoms with van der Waals surface area (Å²) < 4.78 is 2.01. The van der Waals surface area contributed by atoms with Crippen molar-refractivity contribution in [2.24, 2.45) is 0 Å². The SMILES string of the molecule is C[C@H](Sc1ccccc1)C(=O)Nc1ccc(-c2cn3ccsc3n2)cc1. The molecule has 26 heavy (non-hydrogen) atoms. The first-order valence-electron chi connectivity index (χ1n) is 8.24. The molecule has 0 aliphatic rings. The van der Waals surface area contributed by atoms with Gasteiger partial charge in [0, 0.05) is 33.9 Å². The van der Waals surface area contributed by atoms with Crippen molar-refractivity contribution < 1.29 is 4.79 Å². The fourth-order valence-corrected chi connectivity index (χ4v) is 4.18. The number of thiazole rings is 1. The van der Waals surface area contributed by atoms with Gasteiger partial charge in [-0.3, -0.25) is 9.20 Å². The van der Waals surface area contributed by atoms with Gasteiger partial charge in [0.15, 0.2) is 4.96 Å². The van der Waals surface area contributed by atoms with Crippen LogP contribution < -0.4 is 5.32 Å². The van der Waals surface area contributed by atoms with Gasteiger partial charge in [0.25, 0.3) is 0 Å². The highest BCUT2D eigenvalue weighted by atomic mass is 32.2. The molecule has 0 radical (unpaired) electrons. The van der Waals surface area contributed by atoms with E-state index >= 15 is 0 Å². The van der Waals surface area contributed by atoms with E-state index in [-0.39, 0.29) is 11.2 Å². The molecule has 1 amide bonds. The van der Waals surface area contributed by atoms with Crippen LogP contribution in [0.15, 0.2) is 77.3 Å². The summed E-state index contributed by atoms with van der Waals surface area (Å²) in [5.41, 5.74) is 2.76. The number of hydrogen-bond acceptors (Lipinski definition) is 4. The van der Waals surface area contributed by atoms with Crippen molar-refractivity contribution in [1.29, 1.82) is 0 Å². The highest BCUT2D eigenvalue weighted by Gasteiger charge is 2.14. The number of carbonyl (C=O) groups excluding carboxylic acids is 1. The average Bonchev–Trinajstić information content (AvgIpc) is 3.25. The van der Waals surface area contributed by atoms with Crippen LogP contribution in [0.2, 0.25) is 0 Å². The monoisotopic (exact) mass is 379 g/mol. The van der Waals surface area contributed by atoms with E-state index in [0.717, 1.165) is 26.8 Å². The smallest absolute Gasteiger partial charge is 0.237 e. The minimum absolute atomic E-state index is 0.00546. The number of fused-ring (bicyclic) bond motifs is 1. The van der Waals surface area contributed by atoms with Gasteiger partial charge >= 0.3 is 0 Å². The van der Waals surface area contributed by atoms with Gasteiger partial charge < -0.3 is 5.32 Å². The molecule has 2 aromatic carbocycles. The van der Waals surface area contributed by atoms with Crippen molar-refractivity contribution >= 4 is 39.7 Å². The van der Waals surface area contributed by atoms with Crippen molar-refractivity contribution in [2.75, 3.05) is 5.32 Å². The Morgan fingerprint density at radius 3 is 2.65 bits per heavy atom. The Hall–Kier alpha value is -2.57. The molecule has 1 atom stereocenters. The van der Waals surface area contributed by atoms with Crippen LogP contribution >= 0.6 is 23.1 Å². The third-order valence-electron chi connectivity index (χ3n) is 3.97. The fraction of sp³-hybridized carbons (Fsp3) is 0.100. The zero-order valence-corrected chi connectivity index (χ0v) is 15.8. The van der Waals surface area contributed by atoms with Crippen LogP contribution in [0, 0.1) is 0 Å². The van der Waals surface area contributed by atoms with Gasteiger partial charge in [-0.05, 0) is 31.2 Å². The van der Waals surface area contributed by atoms with Gasteiger partial charge in [-0.25, -0.2) is 4.98 Å². The Morgan fingerprint density at radius 1 is 1.15 bits per heavy atom. The van der Waals surface area contributed by atoms with E-state index in [2.05, 4.69) is 10.3 Å². The minimum Gasteiger partial charge on any atom is -0.325 e. The van der Waals surface area contributed by atoms with Gasteiger partial charge in [-0.15, -0.1) is 23.1 Å². The van der Waals surface area contributed by atoms with E-state index in [1.807, 2.05) is 83.7 Å². The molecule has 0 fully saturated rings. The van der Waals surface area contributed by atoms with Crippen LogP contribution in [-0.4, -0.2) is 20.5 Å². The summed E-state index contributed by atoms with van der Waals surface area (Å²) in [6.07, 6.45) is 4.01. The van der Waals surface area contributed by atoms with Gasteiger partial charge in [0.1, 0.15) is 0 Å². The zero-order valence-electron chi connectivity index (χ0n) is 14.1. The predicted molar refractivity (Wildman–Crippen MR) is 109 cm³/mol. The summed E-state index contributed by atoms with van der Waals surface area (Å²) in [6.45, 7) is 1.92. The first-order chi connectivity index (χ1) is 12.7. The minimum atomic E-state index is -0.169. The van der Waals surface area contributed by atoms with Crippen molar-refractivity contribution in [1.82, 2.24) is 9.38 Å². The summed E-state index contributed by atoms with van der Waals surface area (Å²) in [5, 5.41) is 4.82. The van der Waals surface area contributed by atoms with E-state index < -0.39 is 0 Å². The second-order valence-electron chi connectivity index (χ2n) is 5.86. The number of thioether (sulfide) groups is 1. The van der Waals surface area contributed by atoms with Crippen LogP contribution in [0.5, 0.6) is 0 Å². The number of nitrogens with one attached hydrogen (secondary N) is 1. The third-order valence-corrected chi connectivity index (χ3v) is 5.85. The number of benzene rings is 2. The molecule has 4 rings (SSSR count). The Kier molecular flexibility index (Phi) is 4.77. The topological polar surface area (TPSA) is 46.4 Å². The van der Waals surface area contributed by atoms with Gasteiger partial charge in [-0.2, -0.15) is 0 Å². The standard InChI is InChI=1S/C20H17N3OS2/c1-14(26-17-5-3-2-4-6-17)19(24)21-16-9-7-15(8-10-16)18-13-23-11-12-25-20(23)22-18/h2-14H,1H3,(H,21,24)/t14-/m0/s1. The molecule has 0 bridgehead atoms. The lowest BCUT2D eigenvalue weighted by atomic mass is 10.1. The number of carbonyl (C=O) groups is 1. The van der Waals surface area contributed by atoms with Crippen molar-refractivity contribution in [3.05, 3.63) is 72.4 Å². The van der Waals surface area contributed by atoms with E-state index in [0.29, 0.717) is 0 Å². The van der Waals surface area contributed by atoms with Crippen molar-refractivity contribution in [2.45, 2.75) is 17.1 Å². The lowest BCUT2D eigenvalue weighted by molar-refractivity contribution is -0.115. The molecule has 2 heterocycles. The van der Waals surface area contributed by atoms with Crippen molar-refractivity contribution in [3.8, 4) is 11.3 Å². The molecule has 0 aliphatic carbocycles. The number of anilines is 1. The molecule has 6 heteroatoms. The van der Waals surface area contributed by atoms with Crippen LogP contribution in [-0.2, 0) is 4.79 Å². The highest BCUT2D eigenvalue weighted by Crippen LogP contribution is 2.25. The van der Waals surface area contributed by atoms with Crippen molar-refractivity contribution in [3.63, 3.8) is 0 Å². The van der Waals surface area contributed by atoms with Gasteiger partial charge in [0.05, 0.1) is 10.9 Å². The van der Waals surface area contributed by atoms with E-state index in [1.54, 1.807) is 23.1 Å². The number of aromatic nitrogens is 2. The number of amides is 1. The number of nitrogens with zero attached hydrogens (tertiary/aromatic N) is 2. The first-order valence-corrected chi connectivity index (χ1v) is 10.0. The summed E-state index contributed by atoms with van der Waals surface area (Å²) in [6, 6.07) is 17.8. The lowest BCUT2D eigenvalue weighted by Gasteiger charge is -2.12. The molecule has 1 N–H and O–H groups in total. The Bertz CT molecular complexity index is 994. The Morgan fingerprint density at radius 2 is 1.92 bits per heavy atom. The molecule has 0 unspecified atom stereocenters. The Labute approximate surface area is 159 Å². The average molecular weight is 380 g/mol. The maximum absolute atomic E-state index is 12.4. The summed E-state index contributed by atoms with van der Waals surface area (Å²) in [4.78, 5) is 19.1. The number of hydrogen-bond donors (Lipinski definition) is 1. The van der Waals surface area contributed by atoms with E-state index in [4.69, 9.17) is 0 Å². The summed E-state index contributed by atoms with van der Waals surface area (Å²) in [7, 11) is 0. The van der Waals surface area contributed by atoms with Crippen LogP contribution in [0.25, 0.3) is 16.2 Å². The van der Waals surface area contributed by atoms with E-state index in [1.165, 1.54) is 0 Å². The normalized spacial score (nSPS) is 12.2. The van der Waals surface area contributed by atoms with Crippen LogP contribution in [0.1, 0.15) is 6.92 Å². The maximum Gasteiger partial charge on any atom is 0.237 e. The quantitative estimate of drug-likeness (QED) is 0.486. The molecule has 0 saturated carbocycles. The molecule has 4 nitrogen and oxygen atoms in total. The fourth-order valence-electron chi connectivity index (χ4n) is 2.59. The highest BCUT2D eigenvalue weighted by molar-refractivity contribution is 8.00. The van der Waals surface area contributed by atoms with Crippen LogP contribution in [0.3, 0.4) is 0 Å². The largest absolute Gasteiger partial charge is 0.325 e. The molecule has 0 saturated heterocycles. The Balaban J connectivity index is 1.42. The summed E-state index contributed by atoms with van der Waals surface area (Å²) in [5.74, 6) is -0.00546. The number of rotatable bonds is 5. The zero-order chi connectivity index (χ0) is 17.9. The second-order valence-corrected chi connectivity index (χ2v) is 8.15. The third kappa shape index (κ3) is 3.66. The summed E-state index contributed by atoms with van der Waals surface area (Å²) >= 11 is 3.16. The molecule has 0 aliphatic heterocycles. The second kappa shape index (κ2) is 7.35. The van der Waals surface area contributed by atoms with Crippen LogP contribution in [0.4, 0.5) is 5.69 Å².